The number of rotatable bonds is 2. The van der Waals surface area contributed by atoms with Crippen LogP contribution in [-0.2, 0) is 12.0 Å². The van der Waals surface area contributed by atoms with Crippen LogP contribution in [0.15, 0.2) is 18.2 Å². The highest BCUT2D eigenvalue weighted by Crippen LogP contribution is 2.30. The minimum Gasteiger partial charge on any atom is -0.326 e. The molecule has 1 heterocycles. The van der Waals surface area contributed by atoms with Gasteiger partial charge in [-0.2, -0.15) is 5.10 Å². The zero-order valence-corrected chi connectivity index (χ0v) is 12.5. The molecule has 19 heavy (non-hydrogen) atoms. The van der Waals surface area contributed by atoms with Crippen LogP contribution in [0.1, 0.15) is 43.2 Å². The van der Waals surface area contributed by atoms with Gasteiger partial charge in [0.2, 0.25) is 0 Å². The third-order valence-corrected chi connectivity index (χ3v) is 3.63. The number of aryl methyl sites for hydroxylation is 2. The Hall–Kier alpha value is -1.61. The monoisotopic (exact) mass is 257 g/mol. The van der Waals surface area contributed by atoms with Crippen LogP contribution in [0.5, 0.6) is 0 Å². The molecule has 0 saturated carbocycles. The number of hydrogen-bond acceptors (Lipinski definition) is 2. The lowest BCUT2D eigenvalue weighted by Crippen LogP contribution is -2.11. The predicted octanol–water partition coefficient (Wildman–Crippen LogP) is 3.45. The molecule has 1 aromatic carbocycles. The normalized spacial score (nSPS) is 11.9. The molecule has 0 radical (unpaired) electrons. The molecule has 0 bridgehead atoms. The molecule has 0 spiro atoms. The number of nitrogens with two attached hydrogens (primary N) is 1. The number of aromatic amines is 1. The van der Waals surface area contributed by atoms with E-state index in [-0.39, 0.29) is 5.41 Å². The molecule has 0 aliphatic carbocycles. The third-order valence-electron chi connectivity index (χ3n) is 3.63. The van der Waals surface area contributed by atoms with Crippen LogP contribution in [0.4, 0.5) is 0 Å². The SMILES string of the molecule is Cc1cc(C(C)(C)C)ccc1-c1n[nH]c(C)c1CN. The number of H-pyrrole nitrogens is 1. The second-order valence-electron chi connectivity index (χ2n) is 6.16. The molecule has 102 valence electrons. The number of nitrogens with zero attached hydrogens (tertiary/aromatic N) is 1. The Morgan fingerprint density at radius 1 is 1.21 bits per heavy atom. The number of benzene rings is 1. The van der Waals surface area contributed by atoms with E-state index in [1.165, 1.54) is 11.1 Å². The molecule has 0 unspecified atom stereocenters. The summed E-state index contributed by atoms with van der Waals surface area (Å²) in [6, 6.07) is 6.59. The fraction of sp³-hybridized carbons (Fsp3) is 0.438. The molecule has 0 amide bonds. The summed E-state index contributed by atoms with van der Waals surface area (Å²) in [4.78, 5) is 0. The van der Waals surface area contributed by atoms with E-state index in [0.29, 0.717) is 6.54 Å². The zero-order chi connectivity index (χ0) is 14.2. The lowest BCUT2D eigenvalue weighted by atomic mass is 9.85. The first-order valence-corrected chi connectivity index (χ1v) is 6.70. The summed E-state index contributed by atoms with van der Waals surface area (Å²) in [5.41, 5.74) is 12.9. The van der Waals surface area contributed by atoms with Crippen molar-refractivity contribution in [3.63, 3.8) is 0 Å². The topological polar surface area (TPSA) is 54.7 Å². The van der Waals surface area contributed by atoms with Gasteiger partial charge < -0.3 is 5.73 Å². The average molecular weight is 257 g/mol. The van der Waals surface area contributed by atoms with Crippen molar-refractivity contribution in [1.82, 2.24) is 10.2 Å². The third kappa shape index (κ3) is 2.56. The minimum atomic E-state index is 0.168. The van der Waals surface area contributed by atoms with Gasteiger partial charge in [0.1, 0.15) is 0 Å². The first kappa shape index (κ1) is 13.8. The van der Waals surface area contributed by atoms with Crippen molar-refractivity contribution in [2.24, 2.45) is 5.73 Å². The van der Waals surface area contributed by atoms with Crippen molar-refractivity contribution >= 4 is 0 Å². The molecular formula is C16H23N3. The smallest absolute Gasteiger partial charge is 0.0970 e. The maximum absolute atomic E-state index is 5.82. The molecule has 0 saturated heterocycles. The van der Waals surface area contributed by atoms with Crippen molar-refractivity contribution in [1.29, 1.82) is 0 Å². The largest absolute Gasteiger partial charge is 0.326 e. The maximum atomic E-state index is 5.82. The van der Waals surface area contributed by atoms with Gasteiger partial charge in [-0.1, -0.05) is 39.0 Å². The van der Waals surface area contributed by atoms with Gasteiger partial charge in [-0.15, -0.1) is 0 Å². The zero-order valence-electron chi connectivity index (χ0n) is 12.5. The summed E-state index contributed by atoms with van der Waals surface area (Å²) < 4.78 is 0. The number of hydrogen-bond donors (Lipinski definition) is 2. The van der Waals surface area contributed by atoms with Crippen LogP contribution >= 0.6 is 0 Å². The highest BCUT2D eigenvalue weighted by Gasteiger charge is 2.17. The van der Waals surface area contributed by atoms with Crippen LogP contribution in [0.25, 0.3) is 11.3 Å². The van der Waals surface area contributed by atoms with Gasteiger partial charge in [0.05, 0.1) is 5.69 Å². The van der Waals surface area contributed by atoms with E-state index >= 15 is 0 Å². The molecule has 3 heteroatoms. The van der Waals surface area contributed by atoms with Crippen molar-refractivity contribution in [3.8, 4) is 11.3 Å². The first-order valence-electron chi connectivity index (χ1n) is 6.70. The highest BCUT2D eigenvalue weighted by molar-refractivity contribution is 5.68. The van der Waals surface area contributed by atoms with Gasteiger partial charge in [0.15, 0.2) is 0 Å². The van der Waals surface area contributed by atoms with E-state index < -0.39 is 0 Å². The summed E-state index contributed by atoms with van der Waals surface area (Å²) in [6.45, 7) is 11.3. The second-order valence-corrected chi connectivity index (χ2v) is 6.16. The van der Waals surface area contributed by atoms with E-state index in [9.17, 15) is 0 Å². The summed E-state index contributed by atoms with van der Waals surface area (Å²) in [5.74, 6) is 0. The van der Waals surface area contributed by atoms with Gasteiger partial charge in [-0.25, -0.2) is 0 Å². The van der Waals surface area contributed by atoms with E-state index in [1.807, 2.05) is 6.92 Å². The van der Waals surface area contributed by atoms with Gasteiger partial charge in [-0.3, -0.25) is 5.10 Å². The first-order chi connectivity index (χ1) is 8.84. The Kier molecular flexibility index (Phi) is 3.50. The molecular weight excluding hydrogens is 234 g/mol. The molecule has 0 aliphatic rings. The quantitative estimate of drug-likeness (QED) is 0.865. The molecule has 0 fully saturated rings. The average Bonchev–Trinajstić information content (AvgIpc) is 2.69. The Labute approximate surface area is 115 Å². The summed E-state index contributed by atoms with van der Waals surface area (Å²) >= 11 is 0. The Bertz CT molecular complexity index is 589. The lowest BCUT2D eigenvalue weighted by molar-refractivity contribution is 0.590. The van der Waals surface area contributed by atoms with Gasteiger partial charge in [0, 0.05) is 23.4 Å². The van der Waals surface area contributed by atoms with Crippen molar-refractivity contribution in [3.05, 3.63) is 40.6 Å². The summed E-state index contributed by atoms with van der Waals surface area (Å²) in [7, 11) is 0. The molecule has 2 rings (SSSR count). The molecule has 3 nitrogen and oxygen atoms in total. The number of nitrogens with one attached hydrogen (secondary N) is 1. The molecule has 2 aromatic rings. The predicted molar refractivity (Wildman–Crippen MR) is 80.1 cm³/mol. The Morgan fingerprint density at radius 2 is 1.89 bits per heavy atom. The Morgan fingerprint density at radius 3 is 2.42 bits per heavy atom. The summed E-state index contributed by atoms with van der Waals surface area (Å²) in [6.07, 6.45) is 0. The van der Waals surface area contributed by atoms with Crippen molar-refractivity contribution in [2.45, 2.75) is 46.6 Å². The van der Waals surface area contributed by atoms with Crippen LogP contribution < -0.4 is 5.73 Å². The summed E-state index contributed by atoms with van der Waals surface area (Å²) in [5, 5.41) is 7.43. The van der Waals surface area contributed by atoms with E-state index in [4.69, 9.17) is 5.73 Å². The lowest BCUT2D eigenvalue weighted by Gasteiger charge is -2.20. The highest BCUT2D eigenvalue weighted by atomic mass is 15.1. The van der Waals surface area contributed by atoms with E-state index in [0.717, 1.165) is 22.5 Å². The Balaban J connectivity index is 2.52. The molecule has 0 atom stereocenters. The molecule has 3 N–H and O–H groups in total. The van der Waals surface area contributed by atoms with Gasteiger partial charge in [-0.05, 0) is 30.4 Å². The molecule has 0 aliphatic heterocycles. The van der Waals surface area contributed by atoms with Crippen molar-refractivity contribution in [2.75, 3.05) is 0 Å². The maximum Gasteiger partial charge on any atom is 0.0970 e. The number of aromatic nitrogens is 2. The van der Waals surface area contributed by atoms with Gasteiger partial charge >= 0.3 is 0 Å². The van der Waals surface area contributed by atoms with Crippen LogP contribution in [0, 0.1) is 13.8 Å². The van der Waals surface area contributed by atoms with Crippen LogP contribution in [0.3, 0.4) is 0 Å². The fourth-order valence-electron chi connectivity index (χ4n) is 2.32. The van der Waals surface area contributed by atoms with E-state index in [1.54, 1.807) is 0 Å². The van der Waals surface area contributed by atoms with Crippen LogP contribution in [0.2, 0.25) is 0 Å². The van der Waals surface area contributed by atoms with Gasteiger partial charge in [0.25, 0.3) is 0 Å². The van der Waals surface area contributed by atoms with E-state index in [2.05, 4.69) is 56.1 Å². The molecule has 1 aromatic heterocycles. The van der Waals surface area contributed by atoms with Crippen molar-refractivity contribution < 1.29 is 0 Å². The minimum absolute atomic E-state index is 0.168. The second kappa shape index (κ2) is 4.82. The standard InChI is InChI=1S/C16H23N3/c1-10-8-12(16(3,4)5)6-7-13(10)15-14(9-17)11(2)18-19-15/h6-8H,9,17H2,1-5H3,(H,18,19). The fourth-order valence-corrected chi connectivity index (χ4v) is 2.32. The van der Waals surface area contributed by atoms with Crippen LogP contribution in [-0.4, -0.2) is 10.2 Å².